The minimum atomic E-state index is -0.0777. The van der Waals surface area contributed by atoms with Crippen LogP contribution < -0.4 is 0 Å². The molecule has 0 saturated heterocycles. The molecule has 0 bridgehead atoms. The van der Waals surface area contributed by atoms with Crippen LogP contribution in [-0.2, 0) is 5.41 Å². The summed E-state index contributed by atoms with van der Waals surface area (Å²) in [6.07, 6.45) is 5.05. The number of aromatic nitrogens is 4. The summed E-state index contributed by atoms with van der Waals surface area (Å²) < 4.78 is 0.623. The highest BCUT2D eigenvalue weighted by molar-refractivity contribution is 7.71. The molecule has 0 aromatic carbocycles. The van der Waals surface area contributed by atoms with Crippen molar-refractivity contribution < 1.29 is 0 Å². The van der Waals surface area contributed by atoms with Gasteiger partial charge in [-0.25, -0.2) is 15.0 Å². The SMILES string of the molecule is Cc1c(-c2cncnc2)[nH]c(C(C)(C)C)nc1=S. The summed E-state index contributed by atoms with van der Waals surface area (Å²) >= 11 is 5.33. The predicted octanol–water partition coefficient (Wildman–Crippen LogP) is 3.20. The lowest BCUT2D eigenvalue weighted by Crippen LogP contribution is -2.17. The van der Waals surface area contributed by atoms with Gasteiger partial charge in [0.1, 0.15) is 16.8 Å². The molecule has 0 spiro atoms. The zero-order valence-corrected chi connectivity index (χ0v) is 11.8. The van der Waals surface area contributed by atoms with Crippen molar-refractivity contribution in [2.24, 2.45) is 0 Å². The highest BCUT2D eigenvalue weighted by Gasteiger charge is 2.18. The van der Waals surface area contributed by atoms with Crippen LogP contribution in [0.3, 0.4) is 0 Å². The average molecular weight is 260 g/mol. The lowest BCUT2D eigenvalue weighted by molar-refractivity contribution is 0.544. The predicted molar refractivity (Wildman–Crippen MR) is 73.9 cm³/mol. The van der Waals surface area contributed by atoms with E-state index in [9.17, 15) is 0 Å². The number of nitrogens with zero attached hydrogens (tertiary/aromatic N) is 3. The molecule has 1 N–H and O–H groups in total. The van der Waals surface area contributed by atoms with Crippen LogP contribution in [0, 0.1) is 11.6 Å². The summed E-state index contributed by atoms with van der Waals surface area (Å²) in [6, 6.07) is 0. The smallest absolute Gasteiger partial charge is 0.133 e. The van der Waals surface area contributed by atoms with Crippen molar-refractivity contribution in [3.8, 4) is 11.3 Å². The van der Waals surface area contributed by atoms with Gasteiger partial charge in [0.15, 0.2) is 0 Å². The van der Waals surface area contributed by atoms with E-state index >= 15 is 0 Å². The maximum Gasteiger partial charge on any atom is 0.133 e. The van der Waals surface area contributed by atoms with Crippen molar-refractivity contribution in [2.75, 3.05) is 0 Å². The number of hydrogen-bond acceptors (Lipinski definition) is 4. The lowest BCUT2D eigenvalue weighted by atomic mass is 9.95. The van der Waals surface area contributed by atoms with E-state index in [1.807, 2.05) is 6.92 Å². The van der Waals surface area contributed by atoms with E-state index in [-0.39, 0.29) is 5.41 Å². The van der Waals surface area contributed by atoms with Crippen LogP contribution in [0.2, 0.25) is 0 Å². The van der Waals surface area contributed by atoms with Crippen LogP contribution >= 0.6 is 12.2 Å². The molecule has 0 fully saturated rings. The Morgan fingerprint density at radius 2 is 1.78 bits per heavy atom. The van der Waals surface area contributed by atoms with E-state index in [1.54, 1.807) is 12.4 Å². The summed E-state index contributed by atoms with van der Waals surface area (Å²) in [6.45, 7) is 8.25. The third-order valence-electron chi connectivity index (χ3n) is 2.71. The number of H-pyrrole nitrogens is 1. The van der Waals surface area contributed by atoms with Gasteiger partial charge in [-0.2, -0.15) is 0 Å². The van der Waals surface area contributed by atoms with Crippen LogP contribution in [0.25, 0.3) is 11.3 Å². The Bertz CT molecular complexity index is 611. The van der Waals surface area contributed by atoms with Crippen LogP contribution in [-0.4, -0.2) is 19.9 Å². The van der Waals surface area contributed by atoms with Gasteiger partial charge < -0.3 is 4.98 Å². The second-order valence-corrected chi connectivity index (χ2v) is 5.65. The van der Waals surface area contributed by atoms with E-state index < -0.39 is 0 Å². The number of aromatic amines is 1. The molecular formula is C13H16N4S. The Balaban J connectivity index is 2.68. The van der Waals surface area contributed by atoms with Gasteiger partial charge in [0.2, 0.25) is 0 Å². The molecule has 2 rings (SSSR count). The van der Waals surface area contributed by atoms with Gasteiger partial charge in [0.05, 0.1) is 5.69 Å². The molecule has 0 radical (unpaired) electrons. The normalized spacial score (nSPS) is 11.6. The van der Waals surface area contributed by atoms with Crippen LogP contribution in [0.1, 0.15) is 32.2 Å². The van der Waals surface area contributed by atoms with Gasteiger partial charge in [-0.15, -0.1) is 0 Å². The minimum absolute atomic E-state index is 0.0777. The molecule has 2 aromatic heterocycles. The topological polar surface area (TPSA) is 54.5 Å². The van der Waals surface area contributed by atoms with Gasteiger partial charge in [0, 0.05) is 28.9 Å². The first kappa shape index (κ1) is 12.8. The summed E-state index contributed by atoms with van der Waals surface area (Å²) in [4.78, 5) is 15.9. The molecule has 0 amide bonds. The molecule has 94 valence electrons. The van der Waals surface area contributed by atoms with E-state index in [4.69, 9.17) is 12.2 Å². The van der Waals surface area contributed by atoms with Gasteiger partial charge in [-0.3, -0.25) is 0 Å². The monoisotopic (exact) mass is 260 g/mol. The zero-order chi connectivity index (χ0) is 13.3. The van der Waals surface area contributed by atoms with Crippen LogP contribution in [0.5, 0.6) is 0 Å². The quantitative estimate of drug-likeness (QED) is 0.800. The zero-order valence-electron chi connectivity index (χ0n) is 11.0. The first-order valence-corrected chi connectivity index (χ1v) is 6.17. The maximum absolute atomic E-state index is 5.33. The summed E-state index contributed by atoms with van der Waals surface area (Å²) in [5.74, 6) is 0.872. The Hall–Kier alpha value is -1.62. The Morgan fingerprint density at radius 3 is 2.33 bits per heavy atom. The van der Waals surface area contributed by atoms with Gasteiger partial charge in [-0.05, 0) is 6.92 Å². The second kappa shape index (κ2) is 4.57. The third kappa shape index (κ3) is 2.46. The molecule has 2 aromatic rings. The largest absolute Gasteiger partial charge is 0.342 e. The molecule has 0 unspecified atom stereocenters. The van der Waals surface area contributed by atoms with Crippen molar-refractivity contribution in [1.29, 1.82) is 0 Å². The van der Waals surface area contributed by atoms with Gasteiger partial charge >= 0.3 is 0 Å². The van der Waals surface area contributed by atoms with Crippen molar-refractivity contribution in [2.45, 2.75) is 33.1 Å². The van der Waals surface area contributed by atoms with Crippen molar-refractivity contribution >= 4 is 12.2 Å². The standard InChI is InChI=1S/C13H16N4S/c1-8-10(9-5-14-7-15-6-9)16-12(13(2,3)4)17-11(8)18/h5-7H,1-4H3,(H,16,17,18). The summed E-state index contributed by atoms with van der Waals surface area (Å²) in [5.41, 5.74) is 2.74. The average Bonchev–Trinajstić information content (AvgIpc) is 2.32. The molecule has 5 heteroatoms. The second-order valence-electron chi connectivity index (χ2n) is 5.27. The molecule has 0 atom stereocenters. The maximum atomic E-state index is 5.33. The fourth-order valence-electron chi connectivity index (χ4n) is 1.60. The van der Waals surface area contributed by atoms with E-state index in [1.165, 1.54) is 6.33 Å². The molecule has 0 aliphatic carbocycles. The third-order valence-corrected chi connectivity index (χ3v) is 3.11. The van der Waals surface area contributed by atoms with Crippen molar-refractivity contribution in [3.05, 3.63) is 34.7 Å². The first-order chi connectivity index (χ1) is 8.39. The molecule has 18 heavy (non-hydrogen) atoms. The summed E-state index contributed by atoms with van der Waals surface area (Å²) in [7, 11) is 0. The Kier molecular flexibility index (Phi) is 3.26. The molecule has 2 heterocycles. The van der Waals surface area contributed by atoms with Crippen LogP contribution in [0.15, 0.2) is 18.7 Å². The van der Waals surface area contributed by atoms with Crippen molar-refractivity contribution in [1.82, 2.24) is 19.9 Å². The van der Waals surface area contributed by atoms with Crippen molar-refractivity contribution in [3.63, 3.8) is 0 Å². The van der Waals surface area contributed by atoms with Crippen LogP contribution in [0.4, 0.5) is 0 Å². The highest BCUT2D eigenvalue weighted by atomic mass is 32.1. The van der Waals surface area contributed by atoms with E-state index in [0.717, 1.165) is 22.6 Å². The first-order valence-electron chi connectivity index (χ1n) is 5.76. The number of hydrogen-bond donors (Lipinski definition) is 1. The van der Waals surface area contributed by atoms with E-state index in [0.29, 0.717) is 4.64 Å². The Morgan fingerprint density at radius 1 is 1.17 bits per heavy atom. The number of rotatable bonds is 1. The van der Waals surface area contributed by atoms with Gasteiger partial charge in [0.25, 0.3) is 0 Å². The van der Waals surface area contributed by atoms with Gasteiger partial charge in [-0.1, -0.05) is 33.0 Å². The number of nitrogens with one attached hydrogen (secondary N) is 1. The molecule has 4 nitrogen and oxygen atoms in total. The lowest BCUT2D eigenvalue weighted by Gasteiger charge is -2.19. The molecular weight excluding hydrogens is 244 g/mol. The molecule has 0 saturated carbocycles. The highest BCUT2D eigenvalue weighted by Crippen LogP contribution is 2.24. The Labute approximate surface area is 112 Å². The minimum Gasteiger partial charge on any atom is -0.342 e. The molecule has 0 aliphatic heterocycles. The van der Waals surface area contributed by atoms with E-state index in [2.05, 4.69) is 40.7 Å². The fourth-order valence-corrected chi connectivity index (χ4v) is 1.80. The fraction of sp³-hybridized carbons (Fsp3) is 0.385. The summed E-state index contributed by atoms with van der Waals surface area (Å²) in [5, 5.41) is 0. The molecule has 0 aliphatic rings.